The number of Topliss-reactive ketones (excluding diaryl/α,β-unsaturated/α-hetero) is 1. The third-order valence-corrected chi connectivity index (χ3v) is 7.24. The Hall–Kier alpha value is -1.31. The van der Waals surface area contributed by atoms with Crippen molar-refractivity contribution in [3.8, 4) is 5.75 Å². The molecule has 1 aromatic carbocycles. The van der Waals surface area contributed by atoms with Crippen LogP contribution in [0.25, 0.3) is 0 Å². The molecule has 0 saturated carbocycles. The van der Waals surface area contributed by atoms with Crippen LogP contribution in [0.1, 0.15) is 136 Å². The van der Waals surface area contributed by atoms with Gasteiger partial charge in [0.05, 0.1) is 5.56 Å². The molecule has 1 aromatic rings. The van der Waals surface area contributed by atoms with Gasteiger partial charge in [0, 0.05) is 6.42 Å². The first-order valence-corrected chi connectivity index (χ1v) is 12.8. The van der Waals surface area contributed by atoms with Crippen molar-refractivity contribution >= 4 is 5.78 Å². The van der Waals surface area contributed by atoms with E-state index in [4.69, 9.17) is 4.74 Å². The van der Waals surface area contributed by atoms with Gasteiger partial charge in [-0.1, -0.05) is 84.0 Å². The molecule has 1 aliphatic heterocycles. The smallest absolute Gasteiger partial charge is 0.170 e. The molecule has 0 bridgehead atoms. The SMILES string of the molecule is CCCCCCCCCCCCCCCC1CC(=O)c2c(C)c(C)c(C)c(C)c2O1. The lowest BCUT2D eigenvalue weighted by atomic mass is 9.87. The zero-order valence-corrected chi connectivity index (χ0v) is 20.5. The van der Waals surface area contributed by atoms with Gasteiger partial charge in [0.1, 0.15) is 11.9 Å². The summed E-state index contributed by atoms with van der Waals surface area (Å²) >= 11 is 0. The number of hydrogen-bond acceptors (Lipinski definition) is 2. The number of ketones is 1. The van der Waals surface area contributed by atoms with E-state index in [1.54, 1.807) is 0 Å². The van der Waals surface area contributed by atoms with E-state index in [0.29, 0.717) is 6.42 Å². The second-order valence-electron chi connectivity index (χ2n) is 9.60. The molecule has 1 atom stereocenters. The van der Waals surface area contributed by atoms with Crippen molar-refractivity contribution in [3.63, 3.8) is 0 Å². The highest BCUT2D eigenvalue weighted by atomic mass is 16.5. The number of carbonyl (C=O) groups is 1. The Morgan fingerprint density at radius 1 is 0.667 bits per heavy atom. The maximum Gasteiger partial charge on any atom is 0.170 e. The van der Waals surface area contributed by atoms with Crippen LogP contribution in [0.2, 0.25) is 0 Å². The molecule has 2 heteroatoms. The first-order valence-electron chi connectivity index (χ1n) is 12.8. The summed E-state index contributed by atoms with van der Waals surface area (Å²) in [6, 6.07) is 0. The molecule has 0 aliphatic carbocycles. The molecule has 0 spiro atoms. The van der Waals surface area contributed by atoms with Crippen molar-refractivity contribution in [2.75, 3.05) is 0 Å². The van der Waals surface area contributed by atoms with Crippen LogP contribution in [-0.4, -0.2) is 11.9 Å². The number of fused-ring (bicyclic) bond motifs is 1. The first-order chi connectivity index (χ1) is 14.5. The topological polar surface area (TPSA) is 26.3 Å². The van der Waals surface area contributed by atoms with Gasteiger partial charge in [-0.15, -0.1) is 0 Å². The number of unbranched alkanes of at least 4 members (excludes halogenated alkanes) is 12. The average Bonchev–Trinajstić information content (AvgIpc) is 2.73. The molecular weight excluding hydrogens is 368 g/mol. The normalized spacial score (nSPS) is 15.9. The van der Waals surface area contributed by atoms with E-state index in [0.717, 1.165) is 28.9 Å². The second-order valence-corrected chi connectivity index (χ2v) is 9.60. The Morgan fingerprint density at radius 3 is 1.67 bits per heavy atom. The molecule has 0 N–H and O–H groups in total. The quantitative estimate of drug-likeness (QED) is 0.284. The van der Waals surface area contributed by atoms with Gasteiger partial charge < -0.3 is 4.74 Å². The highest BCUT2D eigenvalue weighted by molar-refractivity contribution is 6.02. The van der Waals surface area contributed by atoms with Crippen molar-refractivity contribution < 1.29 is 9.53 Å². The first kappa shape index (κ1) is 25.0. The molecular formula is C28H46O2. The van der Waals surface area contributed by atoms with Crippen LogP contribution in [0, 0.1) is 27.7 Å². The minimum atomic E-state index is 0.0675. The van der Waals surface area contributed by atoms with Gasteiger partial charge >= 0.3 is 0 Å². The lowest BCUT2D eigenvalue weighted by Gasteiger charge is -2.29. The predicted molar refractivity (Wildman–Crippen MR) is 129 cm³/mol. The summed E-state index contributed by atoms with van der Waals surface area (Å²) in [4.78, 5) is 12.8. The zero-order chi connectivity index (χ0) is 21.9. The van der Waals surface area contributed by atoms with Gasteiger partial charge in [0.2, 0.25) is 0 Å². The maximum absolute atomic E-state index is 12.8. The third kappa shape index (κ3) is 7.13. The van der Waals surface area contributed by atoms with E-state index in [2.05, 4.69) is 34.6 Å². The minimum absolute atomic E-state index is 0.0675. The highest BCUT2D eigenvalue weighted by Gasteiger charge is 2.30. The monoisotopic (exact) mass is 414 g/mol. The molecule has 170 valence electrons. The fraction of sp³-hybridized carbons (Fsp3) is 0.750. The van der Waals surface area contributed by atoms with Crippen molar-refractivity contribution in [1.82, 2.24) is 0 Å². The second kappa shape index (κ2) is 13.2. The molecule has 1 aliphatic rings. The lowest BCUT2D eigenvalue weighted by molar-refractivity contribution is 0.0831. The standard InChI is InChI=1S/C28H46O2/c1-6-7-8-9-10-11-12-13-14-15-16-17-18-19-25-20-26(29)27-23(4)21(2)22(3)24(5)28(27)30-25/h25H,6-20H2,1-5H3. The molecule has 0 saturated heterocycles. The fourth-order valence-corrected chi connectivity index (χ4v) is 4.83. The van der Waals surface area contributed by atoms with Crippen molar-refractivity contribution in [1.29, 1.82) is 0 Å². The molecule has 2 nitrogen and oxygen atoms in total. The van der Waals surface area contributed by atoms with E-state index >= 15 is 0 Å². The van der Waals surface area contributed by atoms with Gasteiger partial charge in [0.25, 0.3) is 0 Å². The van der Waals surface area contributed by atoms with Crippen LogP contribution in [-0.2, 0) is 0 Å². The number of carbonyl (C=O) groups excluding carboxylic acids is 1. The average molecular weight is 415 g/mol. The van der Waals surface area contributed by atoms with Crippen LogP contribution in [0.4, 0.5) is 0 Å². The highest BCUT2D eigenvalue weighted by Crippen LogP contribution is 2.38. The summed E-state index contributed by atoms with van der Waals surface area (Å²) in [6.45, 7) is 10.7. The van der Waals surface area contributed by atoms with E-state index in [9.17, 15) is 4.79 Å². The van der Waals surface area contributed by atoms with Gasteiger partial charge in [-0.2, -0.15) is 0 Å². The Balaban J connectivity index is 1.60. The Kier molecular flexibility index (Phi) is 11.0. The number of ether oxygens (including phenoxy) is 1. The molecule has 2 rings (SSSR count). The number of rotatable bonds is 14. The van der Waals surface area contributed by atoms with E-state index in [1.165, 1.54) is 94.6 Å². The summed E-state index contributed by atoms with van der Waals surface area (Å²) in [5, 5.41) is 0. The summed E-state index contributed by atoms with van der Waals surface area (Å²) in [5.41, 5.74) is 5.60. The lowest BCUT2D eigenvalue weighted by Crippen LogP contribution is -2.28. The predicted octanol–water partition coefficient (Wildman–Crippen LogP) is 8.74. The molecule has 0 aromatic heterocycles. The molecule has 1 unspecified atom stereocenters. The van der Waals surface area contributed by atoms with E-state index < -0.39 is 0 Å². The van der Waals surface area contributed by atoms with Gasteiger partial charge in [0.15, 0.2) is 5.78 Å². The van der Waals surface area contributed by atoms with Crippen molar-refractivity contribution in [2.24, 2.45) is 0 Å². The molecule has 0 fully saturated rings. The summed E-state index contributed by atoms with van der Waals surface area (Å²) in [6.07, 6.45) is 19.4. The summed E-state index contributed by atoms with van der Waals surface area (Å²) in [5.74, 6) is 1.14. The molecule has 30 heavy (non-hydrogen) atoms. The largest absolute Gasteiger partial charge is 0.489 e. The Bertz CT molecular complexity index is 674. The molecule has 0 radical (unpaired) electrons. The maximum atomic E-state index is 12.8. The molecule has 0 amide bonds. The summed E-state index contributed by atoms with van der Waals surface area (Å²) < 4.78 is 6.34. The number of benzene rings is 1. The molecule has 1 heterocycles. The zero-order valence-electron chi connectivity index (χ0n) is 20.5. The Morgan fingerprint density at radius 2 is 1.13 bits per heavy atom. The van der Waals surface area contributed by atoms with E-state index in [1.807, 2.05) is 0 Å². The van der Waals surface area contributed by atoms with Crippen LogP contribution in [0.15, 0.2) is 0 Å². The van der Waals surface area contributed by atoms with E-state index in [-0.39, 0.29) is 11.9 Å². The van der Waals surface area contributed by atoms with Crippen LogP contribution in [0.5, 0.6) is 5.75 Å². The number of hydrogen-bond donors (Lipinski definition) is 0. The van der Waals surface area contributed by atoms with Crippen LogP contribution in [0.3, 0.4) is 0 Å². The van der Waals surface area contributed by atoms with Gasteiger partial charge in [-0.25, -0.2) is 0 Å². The van der Waals surface area contributed by atoms with Crippen molar-refractivity contribution in [3.05, 3.63) is 27.8 Å². The van der Waals surface area contributed by atoms with Crippen LogP contribution < -0.4 is 4.74 Å². The third-order valence-electron chi connectivity index (χ3n) is 7.24. The van der Waals surface area contributed by atoms with Gasteiger partial charge in [-0.3, -0.25) is 4.79 Å². The van der Waals surface area contributed by atoms with Crippen molar-refractivity contribution in [2.45, 2.75) is 137 Å². The summed E-state index contributed by atoms with van der Waals surface area (Å²) in [7, 11) is 0. The Labute approximate surface area is 186 Å². The van der Waals surface area contributed by atoms with Gasteiger partial charge in [-0.05, 0) is 62.8 Å². The van der Waals surface area contributed by atoms with Crippen LogP contribution >= 0.6 is 0 Å². The fourth-order valence-electron chi connectivity index (χ4n) is 4.83. The minimum Gasteiger partial charge on any atom is -0.489 e.